The first-order chi connectivity index (χ1) is 14.4. The fraction of sp³-hybridized carbons (Fsp3) is 0.600. The van der Waals surface area contributed by atoms with Crippen molar-refractivity contribution in [1.82, 2.24) is 14.7 Å². The Hall–Kier alpha value is -2.75. The average molecular weight is 422 g/mol. The summed E-state index contributed by atoms with van der Waals surface area (Å²) < 4.78 is 13.6. The lowest BCUT2D eigenvalue weighted by Gasteiger charge is -2.29. The van der Waals surface area contributed by atoms with E-state index in [9.17, 15) is 29.2 Å². The number of aromatic nitrogens is 1. The molecule has 2 N–H and O–H groups in total. The number of rotatable bonds is 7. The maximum Gasteiger partial charge on any atom is 0.270 e. The van der Waals surface area contributed by atoms with Gasteiger partial charge in [0.25, 0.3) is 5.91 Å². The molecule has 3 amide bonds. The summed E-state index contributed by atoms with van der Waals surface area (Å²) in [6, 6.07) is 1.45. The summed E-state index contributed by atoms with van der Waals surface area (Å²) >= 11 is 0. The maximum atomic E-state index is 13.2. The Kier molecular flexibility index (Phi) is 7.20. The van der Waals surface area contributed by atoms with Gasteiger partial charge in [0.15, 0.2) is 5.49 Å². The molecule has 164 valence electrons. The molecule has 10 heteroatoms. The molecular weight excluding hydrogens is 395 g/mol. The highest BCUT2D eigenvalue weighted by atomic mass is 19.1. The van der Waals surface area contributed by atoms with Crippen LogP contribution in [0, 0.1) is 17.7 Å². The molecule has 2 aliphatic rings. The van der Waals surface area contributed by atoms with Crippen molar-refractivity contribution in [3.05, 3.63) is 29.6 Å². The Balaban J connectivity index is 1.77. The summed E-state index contributed by atoms with van der Waals surface area (Å²) in [5.41, 5.74) is -0.134. The molecule has 0 unspecified atom stereocenters. The van der Waals surface area contributed by atoms with Crippen LogP contribution in [0.1, 0.15) is 44.9 Å². The third-order valence-corrected chi connectivity index (χ3v) is 5.89. The number of hydroxylamine groups is 2. The third-order valence-electron chi connectivity index (χ3n) is 5.89. The van der Waals surface area contributed by atoms with Crippen LogP contribution in [-0.2, 0) is 14.4 Å². The van der Waals surface area contributed by atoms with Crippen molar-refractivity contribution in [1.29, 1.82) is 0 Å². The second-order valence-electron chi connectivity index (χ2n) is 8.00. The monoisotopic (exact) mass is 422 g/mol. The second-order valence-corrected chi connectivity index (χ2v) is 8.00. The summed E-state index contributed by atoms with van der Waals surface area (Å²) in [5.74, 6) is -1.82. The van der Waals surface area contributed by atoms with Crippen molar-refractivity contribution in [2.45, 2.75) is 51.0 Å². The number of likely N-dealkylation sites (tertiary alicyclic amines) is 1. The minimum atomic E-state index is -0.794. The van der Waals surface area contributed by atoms with E-state index < -0.39 is 23.7 Å². The number of amides is 3. The van der Waals surface area contributed by atoms with E-state index in [0.717, 1.165) is 37.9 Å². The van der Waals surface area contributed by atoms with Crippen LogP contribution >= 0.6 is 0 Å². The van der Waals surface area contributed by atoms with E-state index in [1.165, 1.54) is 11.0 Å². The standard InChI is InChI=1S/C20H27FN4O5/c21-16-7-8-18(25(30)12-16)22-19(27)17-6-3-9-24(17)20(28)15(11-23(29)13-26)10-14-4-1-2-5-14/h7-8,12-15,17,29-30H,1-6,9-11H2/t15-,17+/m1/s1. The predicted molar refractivity (Wildman–Crippen MR) is 102 cm³/mol. The minimum absolute atomic E-state index is 0.123. The van der Waals surface area contributed by atoms with E-state index in [1.54, 1.807) is 0 Å². The van der Waals surface area contributed by atoms with Gasteiger partial charge in [0.05, 0.1) is 18.7 Å². The van der Waals surface area contributed by atoms with Gasteiger partial charge >= 0.3 is 0 Å². The molecule has 1 aromatic heterocycles. The molecule has 1 saturated carbocycles. The van der Waals surface area contributed by atoms with E-state index in [4.69, 9.17) is 0 Å². The van der Waals surface area contributed by atoms with Crippen LogP contribution in [0.15, 0.2) is 23.3 Å². The van der Waals surface area contributed by atoms with Gasteiger partial charge in [0.1, 0.15) is 11.9 Å². The zero-order valence-electron chi connectivity index (χ0n) is 16.7. The number of carbonyl (C=O) groups excluding carboxylic acids is 3. The molecule has 0 aromatic carbocycles. The summed E-state index contributed by atoms with van der Waals surface area (Å²) in [7, 11) is 0. The normalized spacial score (nSPS) is 21.1. The van der Waals surface area contributed by atoms with Crippen molar-refractivity contribution >= 4 is 18.2 Å². The molecule has 9 nitrogen and oxygen atoms in total. The lowest BCUT2D eigenvalue weighted by Crippen LogP contribution is -2.46. The second kappa shape index (κ2) is 9.84. The number of halogens is 1. The molecule has 1 aliphatic carbocycles. The molecule has 1 aliphatic heterocycles. The fourth-order valence-electron chi connectivity index (χ4n) is 4.42. The van der Waals surface area contributed by atoms with Crippen molar-refractivity contribution in [2.24, 2.45) is 16.8 Å². The van der Waals surface area contributed by atoms with Crippen molar-refractivity contribution < 1.29 is 29.2 Å². The van der Waals surface area contributed by atoms with Crippen LogP contribution in [0.5, 0.6) is 0 Å². The highest BCUT2D eigenvalue weighted by Gasteiger charge is 2.38. The van der Waals surface area contributed by atoms with Crippen LogP contribution in [0.25, 0.3) is 0 Å². The molecule has 30 heavy (non-hydrogen) atoms. The lowest BCUT2D eigenvalue weighted by molar-refractivity contribution is -0.158. The van der Waals surface area contributed by atoms with Crippen molar-refractivity contribution in [3.63, 3.8) is 0 Å². The molecule has 1 aromatic rings. The van der Waals surface area contributed by atoms with Gasteiger partial charge in [0.2, 0.25) is 12.3 Å². The molecular formula is C20H27FN4O5. The quantitative estimate of drug-likeness (QED) is 0.298. The van der Waals surface area contributed by atoms with E-state index in [2.05, 4.69) is 4.99 Å². The molecule has 1 saturated heterocycles. The molecule has 3 rings (SSSR count). The third kappa shape index (κ3) is 5.24. The van der Waals surface area contributed by atoms with Crippen LogP contribution < -0.4 is 5.49 Å². The first-order valence-corrected chi connectivity index (χ1v) is 10.3. The predicted octanol–water partition coefficient (Wildman–Crippen LogP) is 1.33. The minimum Gasteiger partial charge on any atom is -0.427 e. The molecule has 2 atom stereocenters. The average Bonchev–Trinajstić information content (AvgIpc) is 3.40. The Labute approximate surface area is 173 Å². The first-order valence-electron chi connectivity index (χ1n) is 10.3. The van der Waals surface area contributed by atoms with Crippen molar-refractivity contribution in [3.8, 4) is 0 Å². The maximum absolute atomic E-state index is 13.2. The van der Waals surface area contributed by atoms with E-state index in [-0.39, 0.29) is 24.3 Å². The summed E-state index contributed by atoms with van der Waals surface area (Å²) in [6.07, 6.45) is 6.87. The number of carbonyl (C=O) groups is 3. The topological polar surface area (TPSA) is 115 Å². The van der Waals surface area contributed by atoms with Gasteiger partial charge in [-0.25, -0.2) is 9.45 Å². The summed E-state index contributed by atoms with van der Waals surface area (Å²) in [6.45, 7) is 0.253. The number of hydrogen-bond donors (Lipinski definition) is 2. The molecule has 0 spiro atoms. The summed E-state index contributed by atoms with van der Waals surface area (Å²) in [5, 5.41) is 19.9. The van der Waals surface area contributed by atoms with Crippen molar-refractivity contribution in [2.75, 3.05) is 13.1 Å². The Bertz CT molecular complexity index is 852. The highest BCUT2D eigenvalue weighted by Crippen LogP contribution is 2.32. The van der Waals surface area contributed by atoms with E-state index >= 15 is 0 Å². The van der Waals surface area contributed by atoms with Gasteiger partial charge in [0, 0.05) is 6.54 Å². The van der Waals surface area contributed by atoms with Gasteiger partial charge in [-0.05, 0) is 37.3 Å². The van der Waals surface area contributed by atoms with Gasteiger partial charge in [-0.3, -0.25) is 19.6 Å². The van der Waals surface area contributed by atoms with Gasteiger partial charge in [-0.2, -0.15) is 9.72 Å². The molecule has 2 heterocycles. The Morgan fingerprint density at radius 3 is 2.67 bits per heavy atom. The highest BCUT2D eigenvalue weighted by molar-refractivity contribution is 5.89. The number of pyridine rings is 1. The fourth-order valence-corrected chi connectivity index (χ4v) is 4.42. The van der Waals surface area contributed by atoms with Gasteiger partial charge in [-0.15, -0.1) is 0 Å². The molecule has 0 bridgehead atoms. The zero-order valence-corrected chi connectivity index (χ0v) is 16.7. The van der Waals surface area contributed by atoms with Gasteiger partial charge < -0.3 is 10.1 Å². The lowest BCUT2D eigenvalue weighted by atomic mass is 9.91. The van der Waals surface area contributed by atoms with Crippen LogP contribution in [0.2, 0.25) is 0 Å². The Morgan fingerprint density at radius 2 is 2.00 bits per heavy atom. The zero-order chi connectivity index (χ0) is 21.7. The van der Waals surface area contributed by atoms with E-state index in [0.29, 0.717) is 41.5 Å². The molecule has 0 radical (unpaired) electrons. The smallest absolute Gasteiger partial charge is 0.270 e. The molecule has 2 fully saturated rings. The van der Waals surface area contributed by atoms with E-state index in [1.807, 2.05) is 0 Å². The van der Waals surface area contributed by atoms with Crippen LogP contribution in [0.4, 0.5) is 4.39 Å². The van der Waals surface area contributed by atoms with Gasteiger partial charge in [-0.1, -0.05) is 25.7 Å². The van der Waals surface area contributed by atoms with Crippen LogP contribution in [0.3, 0.4) is 0 Å². The number of nitrogens with zero attached hydrogens (tertiary/aromatic N) is 4. The Morgan fingerprint density at radius 1 is 1.27 bits per heavy atom. The van der Waals surface area contributed by atoms with Crippen LogP contribution in [-0.4, -0.2) is 62.5 Å². The largest absolute Gasteiger partial charge is 0.427 e. The SMILES string of the molecule is O=CN(O)C[C@@H](CC1CCCC1)C(=O)N1CCC[C@H]1C(=O)N=c1ccc(F)cn1O. The first kappa shape index (κ1) is 21.9. The summed E-state index contributed by atoms with van der Waals surface area (Å²) in [4.78, 5) is 42.1. The number of hydrogen-bond acceptors (Lipinski definition) is 5.